The highest BCUT2D eigenvalue weighted by Crippen LogP contribution is 2.55. The number of sulfone groups is 1. The van der Waals surface area contributed by atoms with Gasteiger partial charge >= 0.3 is 6.03 Å². The number of morpholine rings is 1. The second-order valence-corrected chi connectivity index (χ2v) is 13.2. The zero-order valence-electron chi connectivity index (χ0n) is 23.7. The molecule has 0 radical (unpaired) electrons. The van der Waals surface area contributed by atoms with Crippen LogP contribution in [-0.2, 0) is 26.4 Å². The molecule has 218 valence electrons. The lowest BCUT2D eigenvalue weighted by Gasteiger charge is -2.40. The van der Waals surface area contributed by atoms with Gasteiger partial charge in [0.05, 0.1) is 47.8 Å². The van der Waals surface area contributed by atoms with Crippen molar-refractivity contribution in [1.82, 2.24) is 19.7 Å². The van der Waals surface area contributed by atoms with Gasteiger partial charge in [-0.3, -0.25) is 4.68 Å². The largest absolute Gasteiger partial charge is 0.377 e. The van der Waals surface area contributed by atoms with Gasteiger partial charge in [0, 0.05) is 30.6 Å². The van der Waals surface area contributed by atoms with E-state index < -0.39 is 20.6 Å². The van der Waals surface area contributed by atoms with E-state index in [-0.39, 0.29) is 17.0 Å². The Morgan fingerprint density at radius 1 is 0.952 bits per heavy atom. The molecule has 1 saturated heterocycles. The molecule has 1 saturated carbocycles. The Bertz CT molecular complexity index is 1690. The fourth-order valence-electron chi connectivity index (χ4n) is 5.47. The maximum atomic E-state index is 13.9. The van der Waals surface area contributed by atoms with E-state index in [1.54, 1.807) is 60.5 Å². The molecule has 2 aliphatic rings. The summed E-state index contributed by atoms with van der Waals surface area (Å²) in [5.41, 5.74) is 2.36. The molecule has 2 fully saturated rings. The summed E-state index contributed by atoms with van der Waals surface area (Å²) in [6, 6.07) is 17.3. The molecule has 2 aromatic carbocycles. The molecule has 0 spiro atoms. The van der Waals surface area contributed by atoms with E-state index in [1.807, 2.05) is 24.3 Å². The van der Waals surface area contributed by atoms with E-state index in [4.69, 9.17) is 14.7 Å². The number of nitrogens with zero attached hydrogens (tertiary/aromatic N) is 5. The van der Waals surface area contributed by atoms with Gasteiger partial charge in [-0.05, 0) is 63.1 Å². The molecule has 2 aromatic heterocycles. The number of ether oxygens (including phenoxy) is 1. The minimum atomic E-state index is -3.69. The van der Waals surface area contributed by atoms with Gasteiger partial charge < -0.3 is 20.3 Å². The number of carbonyl (C=O) groups is 1. The summed E-state index contributed by atoms with van der Waals surface area (Å²) >= 11 is 0. The molecule has 0 bridgehead atoms. The summed E-state index contributed by atoms with van der Waals surface area (Å²) in [5.74, 6) is 1.10. The van der Waals surface area contributed by atoms with Crippen molar-refractivity contribution in [2.75, 3.05) is 28.7 Å². The van der Waals surface area contributed by atoms with Gasteiger partial charge in [0.25, 0.3) is 0 Å². The van der Waals surface area contributed by atoms with Gasteiger partial charge in [-0.2, -0.15) is 5.10 Å². The predicted octanol–water partition coefficient (Wildman–Crippen LogP) is 4.60. The fraction of sp³-hybridized carbons (Fsp3) is 0.333. The smallest absolute Gasteiger partial charge is 0.323 e. The number of nitrogens with one attached hydrogen (secondary N) is 2. The Kier molecular flexibility index (Phi) is 7.19. The van der Waals surface area contributed by atoms with Crippen LogP contribution in [0.2, 0.25) is 0 Å². The lowest BCUT2D eigenvalue weighted by Crippen LogP contribution is -2.50. The number of benzene rings is 2. The summed E-state index contributed by atoms with van der Waals surface area (Å²) in [6.45, 7) is 5.24. The van der Waals surface area contributed by atoms with Crippen molar-refractivity contribution in [1.29, 1.82) is 0 Å². The van der Waals surface area contributed by atoms with Crippen LogP contribution in [0.4, 0.5) is 22.0 Å². The van der Waals surface area contributed by atoms with Crippen molar-refractivity contribution in [2.45, 2.75) is 48.4 Å². The third-order valence-corrected chi connectivity index (χ3v) is 10.3. The lowest BCUT2D eigenvalue weighted by molar-refractivity contribution is 0.0752. The van der Waals surface area contributed by atoms with Crippen LogP contribution in [0.5, 0.6) is 0 Å². The monoisotopic (exact) mass is 587 g/mol. The second-order valence-electron chi connectivity index (χ2n) is 10.9. The van der Waals surface area contributed by atoms with Crippen LogP contribution >= 0.6 is 0 Å². The molecule has 2 atom stereocenters. The summed E-state index contributed by atoms with van der Waals surface area (Å²) in [7, 11) is -1.92. The number of hydrogen-bond donors (Lipinski definition) is 2. The Morgan fingerprint density at radius 3 is 2.24 bits per heavy atom. The number of anilines is 3. The number of hydrogen-bond acceptors (Lipinski definition) is 8. The van der Waals surface area contributed by atoms with Crippen LogP contribution in [0.25, 0.3) is 11.4 Å². The van der Waals surface area contributed by atoms with Crippen molar-refractivity contribution < 1.29 is 17.9 Å². The van der Waals surface area contributed by atoms with Crippen LogP contribution in [-0.4, -0.2) is 59.5 Å². The highest BCUT2D eigenvalue weighted by atomic mass is 32.2. The molecule has 3 heterocycles. The van der Waals surface area contributed by atoms with Crippen LogP contribution in [0.15, 0.2) is 78.0 Å². The van der Waals surface area contributed by atoms with Gasteiger partial charge in [0.15, 0.2) is 15.7 Å². The van der Waals surface area contributed by atoms with Crippen molar-refractivity contribution in [3.8, 4) is 11.4 Å². The molecule has 11 nitrogen and oxygen atoms in total. The number of amides is 2. The maximum absolute atomic E-state index is 13.9. The molecule has 12 heteroatoms. The number of carbonyl (C=O) groups excluding carboxylic acids is 1. The first-order chi connectivity index (χ1) is 20.2. The summed E-state index contributed by atoms with van der Waals surface area (Å²) in [6.07, 6.45) is 4.24. The summed E-state index contributed by atoms with van der Waals surface area (Å²) in [4.78, 5) is 24.7. The minimum absolute atomic E-state index is 0.0511. The minimum Gasteiger partial charge on any atom is -0.377 e. The van der Waals surface area contributed by atoms with Gasteiger partial charge in [0.2, 0.25) is 0 Å². The molecular weight excluding hydrogens is 554 g/mol. The SMILES string of the molecule is CC1COCC(C)N1c1cc(C2(S(=O)(=O)c3ccccc3)CC2)nc(-c2ccc(NC(=O)Nc3cnn(C)c3)cc2)n1. The average molecular weight is 588 g/mol. The number of urea groups is 1. The van der Waals surface area contributed by atoms with E-state index in [9.17, 15) is 13.2 Å². The van der Waals surface area contributed by atoms with Gasteiger partial charge in [-0.1, -0.05) is 18.2 Å². The normalized spacial score (nSPS) is 19.7. The fourth-order valence-corrected chi connectivity index (χ4v) is 7.45. The molecule has 4 aromatic rings. The Labute approximate surface area is 244 Å². The van der Waals surface area contributed by atoms with Crippen LogP contribution in [0, 0.1) is 0 Å². The van der Waals surface area contributed by atoms with E-state index >= 15 is 0 Å². The number of aryl methyl sites for hydroxylation is 1. The first kappa shape index (κ1) is 27.9. The molecule has 2 unspecified atom stereocenters. The quantitative estimate of drug-likeness (QED) is 0.321. The average Bonchev–Trinajstić information content (AvgIpc) is 3.71. The zero-order valence-corrected chi connectivity index (χ0v) is 24.5. The molecular formula is C30H33N7O4S. The lowest BCUT2D eigenvalue weighted by atomic mass is 10.1. The third-order valence-electron chi connectivity index (χ3n) is 7.75. The van der Waals surface area contributed by atoms with Crippen molar-refractivity contribution >= 4 is 33.1 Å². The third kappa shape index (κ3) is 5.23. The van der Waals surface area contributed by atoms with E-state index in [0.29, 0.717) is 60.3 Å². The van der Waals surface area contributed by atoms with E-state index in [0.717, 1.165) is 0 Å². The van der Waals surface area contributed by atoms with E-state index in [1.165, 1.54) is 0 Å². The van der Waals surface area contributed by atoms with Crippen molar-refractivity contribution in [3.05, 3.63) is 78.8 Å². The van der Waals surface area contributed by atoms with E-state index in [2.05, 4.69) is 34.5 Å². The van der Waals surface area contributed by atoms with Crippen molar-refractivity contribution in [2.24, 2.45) is 7.05 Å². The maximum Gasteiger partial charge on any atom is 0.323 e. The zero-order chi connectivity index (χ0) is 29.5. The van der Waals surface area contributed by atoms with Crippen LogP contribution < -0.4 is 15.5 Å². The highest BCUT2D eigenvalue weighted by Gasteiger charge is 2.58. The number of aromatic nitrogens is 4. The Morgan fingerprint density at radius 2 is 1.62 bits per heavy atom. The molecule has 2 amide bonds. The Balaban J connectivity index is 1.35. The topological polar surface area (TPSA) is 131 Å². The van der Waals surface area contributed by atoms with Gasteiger partial charge in [-0.25, -0.2) is 23.2 Å². The summed E-state index contributed by atoms with van der Waals surface area (Å²) in [5, 5.41) is 9.59. The predicted molar refractivity (Wildman–Crippen MR) is 160 cm³/mol. The van der Waals surface area contributed by atoms with Gasteiger partial charge in [0.1, 0.15) is 10.6 Å². The van der Waals surface area contributed by atoms with Crippen molar-refractivity contribution in [3.63, 3.8) is 0 Å². The molecule has 42 heavy (non-hydrogen) atoms. The molecule has 1 aliphatic heterocycles. The standard InChI is InChI=1S/C30H33N7O4S/c1-20-18-41-19-21(2)37(20)27-15-26(30(13-14-30)42(39,40)25-7-5-4-6-8-25)34-28(35-27)22-9-11-23(12-10-22)32-29(38)33-24-16-31-36(3)17-24/h4-12,15-17,20-21H,13-14,18-19H2,1-3H3,(H2,32,33,38). The highest BCUT2D eigenvalue weighted by molar-refractivity contribution is 7.92. The molecule has 1 aliphatic carbocycles. The van der Waals surface area contributed by atoms with Crippen LogP contribution in [0.1, 0.15) is 32.4 Å². The first-order valence-corrected chi connectivity index (χ1v) is 15.4. The second kappa shape index (κ2) is 10.8. The molecule has 2 N–H and O–H groups in total. The van der Waals surface area contributed by atoms with Gasteiger partial charge in [-0.15, -0.1) is 0 Å². The summed E-state index contributed by atoms with van der Waals surface area (Å²) < 4.78 is 34.1. The van der Waals surface area contributed by atoms with Crippen LogP contribution in [0.3, 0.4) is 0 Å². The molecule has 6 rings (SSSR count). The Hall–Kier alpha value is -4.29. The number of rotatable bonds is 7. The first-order valence-electron chi connectivity index (χ1n) is 13.9.